The number of likely N-dealkylation sites (tertiary alicyclic amines) is 1. The number of rotatable bonds is 7. The number of aromatic nitrogens is 4. The van der Waals surface area contributed by atoms with Gasteiger partial charge in [-0.25, -0.2) is 14.1 Å². The van der Waals surface area contributed by atoms with Crippen molar-refractivity contribution < 1.29 is 13.9 Å². The SMILES string of the molecule is CC#CC(=O)N1CC[C@H](n2nnc3c(O[C@@H](C)CN(C)C)nc4c(F)c(-c5cccc(C)c5C)c(C)cc4c32)C[C@H]1CC#N. The Hall–Kier alpha value is -4.54. The largest absolute Gasteiger partial charge is 0.472 e. The summed E-state index contributed by atoms with van der Waals surface area (Å²) in [7, 11) is 3.92. The first-order valence-electron chi connectivity index (χ1n) is 14.9. The minimum absolute atomic E-state index is 0.173. The lowest BCUT2D eigenvalue weighted by Crippen LogP contribution is -2.46. The zero-order valence-electron chi connectivity index (χ0n) is 26.4. The highest BCUT2D eigenvalue weighted by Gasteiger charge is 2.34. The molecule has 9 nitrogen and oxygen atoms in total. The summed E-state index contributed by atoms with van der Waals surface area (Å²) < 4.78 is 24.9. The zero-order valence-corrected chi connectivity index (χ0v) is 26.4. The lowest BCUT2D eigenvalue weighted by atomic mass is 9.92. The van der Waals surface area contributed by atoms with Crippen molar-refractivity contribution in [2.75, 3.05) is 27.2 Å². The van der Waals surface area contributed by atoms with Crippen LogP contribution in [0, 0.1) is 49.8 Å². The van der Waals surface area contributed by atoms with Gasteiger partial charge in [-0.1, -0.05) is 29.3 Å². The maximum atomic E-state index is 16.8. The Balaban J connectivity index is 1.71. The van der Waals surface area contributed by atoms with E-state index < -0.39 is 5.82 Å². The molecule has 228 valence electrons. The van der Waals surface area contributed by atoms with Gasteiger partial charge in [0, 0.05) is 30.1 Å². The summed E-state index contributed by atoms with van der Waals surface area (Å²) >= 11 is 0. The molecule has 2 aromatic carbocycles. The van der Waals surface area contributed by atoms with Crippen molar-refractivity contribution >= 4 is 27.8 Å². The second-order valence-corrected chi connectivity index (χ2v) is 11.9. The van der Waals surface area contributed by atoms with Crippen molar-refractivity contribution in [2.45, 2.75) is 72.1 Å². The molecule has 4 aromatic rings. The maximum Gasteiger partial charge on any atom is 0.298 e. The summed E-state index contributed by atoms with van der Waals surface area (Å²) in [6, 6.07) is 9.56. The number of benzene rings is 2. The Kier molecular flexibility index (Phi) is 8.85. The summed E-state index contributed by atoms with van der Waals surface area (Å²) in [6.07, 6.45) is 0.995. The number of piperidine rings is 1. The van der Waals surface area contributed by atoms with Gasteiger partial charge < -0.3 is 14.5 Å². The fraction of sp³-hybridized carbons (Fsp3) is 0.441. The number of likely N-dealkylation sites (N-methyl/N-ethyl adjacent to an activating group) is 1. The lowest BCUT2D eigenvalue weighted by molar-refractivity contribution is -0.129. The fourth-order valence-electron chi connectivity index (χ4n) is 6.33. The van der Waals surface area contributed by atoms with Crippen LogP contribution in [0.25, 0.3) is 33.1 Å². The highest BCUT2D eigenvalue weighted by atomic mass is 19.1. The number of hydrogen-bond donors (Lipinski definition) is 0. The van der Waals surface area contributed by atoms with Gasteiger partial charge in [0.2, 0.25) is 5.88 Å². The van der Waals surface area contributed by atoms with E-state index >= 15 is 4.39 Å². The Morgan fingerprint density at radius 1 is 1.23 bits per heavy atom. The van der Waals surface area contributed by atoms with E-state index in [4.69, 9.17) is 9.72 Å². The molecule has 1 saturated heterocycles. The second-order valence-electron chi connectivity index (χ2n) is 11.9. The molecule has 0 spiro atoms. The number of carbonyl (C=O) groups is 1. The number of nitriles is 1. The molecule has 5 rings (SSSR count). The molecule has 0 bridgehead atoms. The van der Waals surface area contributed by atoms with E-state index in [-0.39, 0.29) is 41.9 Å². The predicted molar refractivity (Wildman–Crippen MR) is 169 cm³/mol. The summed E-state index contributed by atoms with van der Waals surface area (Å²) in [4.78, 5) is 21.1. The minimum Gasteiger partial charge on any atom is -0.472 e. The Bertz CT molecular complexity index is 1850. The van der Waals surface area contributed by atoms with E-state index in [0.29, 0.717) is 47.9 Å². The molecule has 3 atom stereocenters. The van der Waals surface area contributed by atoms with Crippen molar-refractivity contribution in [3.05, 3.63) is 46.8 Å². The monoisotopic (exact) mass is 595 g/mol. The molecule has 0 unspecified atom stereocenters. The molecular weight excluding hydrogens is 557 g/mol. The van der Waals surface area contributed by atoms with E-state index in [9.17, 15) is 10.1 Å². The molecule has 2 aromatic heterocycles. The number of carbonyl (C=O) groups excluding carboxylic acids is 1. The van der Waals surface area contributed by atoms with Gasteiger partial charge in [-0.2, -0.15) is 5.26 Å². The van der Waals surface area contributed by atoms with Crippen molar-refractivity contribution in [1.29, 1.82) is 5.26 Å². The van der Waals surface area contributed by atoms with Crippen LogP contribution in [-0.4, -0.2) is 75.0 Å². The number of amides is 1. The van der Waals surface area contributed by atoms with E-state index in [1.165, 1.54) is 0 Å². The average Bonchev–Trinajstić information content (AvgIpc) is 3.42. The van der Waals surface area contributed by atoms with Crippen LogP contribution in [0.5, 0.6) is 5.88 Å². The summed E-state index contributed by atoms with van der Waals surface area (Å²) in [5.74, 6) is 4.79. The Morgan fingerprint density at radius 3 is 2.70 bits per heavy atom. The standard InChI is InChI=1S/C34H38FN7O2/c1-8-10-28(43)41-16-14-25(18-24(41)13-15-36)42-33-27-17-21(3)29(26-12-9-11-20(2)23(26)5)30(35)31(27)37-34(32(33)38-39-42)44-22(4)19-40(6)7/h9,11-12,17,22,24-25H,13-14,16,18-19H2,1-7H3/t22-,24+,25-/m0/s1. The third-order valence-electron chi connectivity index (χ3n) is 8.47. The van der Waals surface area contributed by atoms with Crippen LogP contribution >= 0.6 is 0 Å². The number of aryl methyl sites for hydroxylation is 2. The molecule has 0 aliphatic carbocycles. The van der Waals surface area contributed by atoms with Crippen LogP contribution in [0.2, 0.25) is 0 Å². The minimum atomic E-state index is -0.422. The quantitative estimate of drug-likeness (QED) is 0.260. The first-order valence-corrected chi connectivity index (χ1v) is 14.9. The zero-order chi connectivity index (χ0) is 31.7. The fourth-order valence-corrected chi connectivity index (χ4v) is 6.33. The van der Waals surface area contributed by atoms with Gasteiger partial charge in [0.25, 0.3) is 5.91 Å². The number of pyridine rings is 1. The Morgan fingerprint density at radius 2 is 2.00 bits per heavy atom. The first-order chi connectivity index (χ1) is 21.0. The summed E-state index contributed by atoms with van der Waals surface area (Å²) in [5, 5.41) is 19.2. The molecule has 1 fully saturated rings. The molecule has 1 aliphatic heterocycles. The van der Waals surface area contributed by atoms with Crippen LogP contribution in [0.4, 0.5) is 4.39 Å². The molecule has 0 N–H and O–H groups in total. The summed E-state index contributed by atoms with van der Waals surface area (Å²) in [6.45, 7) is 10.5. The lowest BCUT2D eigenvalue weighted by Gasteiger charge is -2.37. The molecule has 3 heterocycles. The van der Waals surface area contributed by atoms with Crippen LogP contribution < -0.4 is 4.74 Å². The highest BCUT2D eigenvalue weighted by Crippen LogP contribution is 2.40. The van der Waals surface area contributed by atoms with Gasteiger partial charge >= 0.3 is 0 Å². The number of nitrogens with zero attached hydrogens (tertiary/aromatic N) is 7. The first kappa shape index (κ1) is 30.9. The smallest absolute Gasteiger partial charge is 0.298 e. The number of halogens is 1. The van der Waals surface area contributed by atoms with E-state index in [1.54, 1.807) is 11.8 Å². The predicted octanol–water partition coefficient (Wildman–Crippen LogP) is 5.51. The maximum absolute atomic E-state index is 16.8. The molecule has 44 heavy (non-hydrogen) atoms. The van der Waals surface area contributed by atoms with Gasteiger partial charge in [-0.05, 0) is 95.8 Å². The van der Waals surface area contributed by atoms with Gasteiger partial charge in [-0.15, -0.1) is 5.10 Å². The number of fused-ring (bicyclic) bond motifs is 3. The van der Waals surface area contributed by atoms with Crippen LogP contribution in [-0.2, 0) is 4.79 Å². The van der Waals surface area contributed by atoms with Crippen LogP contribution in [0.3, 0.4) is 0 Å². The molecule has 10 heteroatoms. The molecular formula is C34H38FN7O2. The average molecular weight is 596 g/mol. The highest BCUT2D eigenvalue weighted by molar-refractivity contribution is 6.06. The second kappa shape index (κ2) is 12.6. The third kappa shape index (κ3) is 5.70. The van der Waals surface area contributed by atoms with Crippen LogP contribution in [0.1, 0.15) is 55.8 Å². The van der Waals surface area contributed by atoms with E-state index in [1.807, 2.05) is 75.6 Å². The van der Waals surface area contributed by atoms with Crippen molar-refractivity contribution in [2.24, 2.45) is 0 Å². The topological polar surface area (TPSA) is 100 Å². The van der Waals surface area contributed by atoms with E-state index in [2.05, 4.69) is 28.2 Å². The van der Waals surface area contributed by atoms with Crippen molar-refractivity contribution in [3.8, 4) is 34.9 Å². The van der Waals surface area contributed by atoms with Crippen molar-refractivity contribution in [1.82, 2.24) is 29.8 Å². The third-order valence-corrected chi connectivity index (χ3v) is 8.47. The molecule has 1 aliphatic rings. The van der Waals surface area contributed by atoms with Gasteiger partial charge in [0.15, 0.2) is 11.3 Å². The van der Waals surface area contributed by atoms with Crippen LogP contribution in [0.15, 0.2) is 24.3 Å². The van der Waals surface area contributed by atoms with Gasteiger partial charge in [0.1, 0.15) is 17.1 Å². The van der Waals surface area contributed by atoms with E-state index in [0.717, 1.165) is 22.3 Å². The molecule has 0 saturated carbocycles. The Labute approximate surface area is 257 Å². The van der Waals surface area contributed by atoms with Gasteiger partial charge in [0.05, 0.1) is 18.5 Å². The van der Waals surface area contributed by atoms with Crippen molar-refractivity contribution in [3.63, 3.8) is 0 Å². The normalized spacial score (nSPS) is 17.4. The number of ether oxygens (including phenoxy) is 1. The number of hydrogen-bond acceptors (Lipinski definition) is 7. The molecule has 1 amide bonds. The summed E-state index contributed by atoms with van der Waals surface area (Å²) in [5.41, 5.74) is 5.47. The van der Waals surface area contributed by atoms with Gasteiger partial charge in [-0.3, -0.25) is 4.79 Å². The molecule has 0 radical (unpaired) electrons.